The highest BCUT2D eigenvalue weighted by atomic mass is 16.3. The molecule has 2 heteroatoms. The standard InChI is InChI=1S/C18H28O2/c1-18-9-8-14-13-5-3-12(19)10-11(13)2-4-15(14)16(18)6-7-17(18)20/h10,12-17,19-20H,2-9H2,1H3/t12-,13-,14+,15+,16-,17?,18-/m0/s1. The van der Waals surface area contributed by atoms with Crippen LogP contribution in [0, 0.1) is 29.1 Å². The predicted octanol–water partition coefficient (Wildman–Crippen LogP) is 3.28. The molecule has 4 rings (SSSR count). The first-order chi connectivity index (χ1) is 9.59. The summed E-state index contributed by atoms with van der Waals surface area (Å²) in [6, 6.07) is 0. The van der Waals surface area contributed by atoms with Crippen molar-refractivity contribution in [3.8, 4) is 0 Å². The maximum atomic E-state index is 10.4. The van der Waals surface area contributed by atoms with Crippen LogP contribution in [0.4, 0.5) is 0 Å². The van der Waals surface area contributed by atoms with E-state index in [1.807, 2.05) is 0 Å². The molecule has 4 aliphatic carbocycles. The van der Waals surface area contributed by atoms with Crippen molar-refractivity contribution in [2.45, 2.75) is 70.5 Å². The molecule has 20 heavy (non-hydrogen) atoms. The van der Waals surface area contributed by atoms with Gasteiger partial charge in [0.25, 0.3) is 0 Å². The number of rotatable bonds is 0. The summed E-state index contributed by atoms with van der Waals surface area (Å²) in [6.07, 6.45) is 11.4. The lowest BCUT2D eigenvalue weighted by Gasteiger charge is -2.53. The highest BCUT2D eigenvalue weighted by Gasteiger charge is 2.55. The van der Waals surface area contributed by atoms with Crippen LogP contribution in [0.15, 0.2) is 11.6 Å². The van der Waals surface area contributed by atoms with Crippen molar-refractivity contribution in [3.63, 3.8) is 0 Å². The molecule has 0 bridgehead atoms. The fourth-order valence-corrected chi connectivity index (χ4v) is 6.28. The van der Waals surface area contributed by atoms with E-state index in [2.05, 4.69) is 13.0 Å². The SMILES string of the molecule is C[C@]12CC[C@H]3[C@@H](CCC4=C[C@@H](O)CC[C@@H]43)[C@@H]1CCC2O. The van der Waals surface area contributed by atoms with E-state index in [1.54, 1.807) is 5.57 Å². The second-order valence-corrected chi connectivity index (χ2v) is 8.10. The number of hydrogen-bond acceptors (Lipinski definition) is 2. The molecule has 2 nitrogen and oxygen atoms in total. The zero-order valence-corrected chi connectivity index (χ0v) is 12.6. The Labute approximate surface area is 122 Å². The van der Waals surface area contributed by atoms with Gasteiger partial charge in [-0.05, 0) is 80.5 Å². The highest BCUT2D eigenvalue weighted by Crippen LogP contribution is 2.61. The summed E-state index contributed by atoms with van der Waals surface area (Å²) < 4.78 is 0. The maximum absolute atomic E-state index is 10.4. The van der Waals surface area contributed by atoms with Gasteiger partial charge in [0, 0.05) is 0 Å². The third-order valence-corrected chi connectivity index (χ3v) is 7.38. The van der Waals surface area contributed by atoms with Crippen LogP contribution >= 0.6 is 0 Å². The molecule has 4 aliphatic rings. The topological polar surface area (TPSA) is 40.5 Å². The zero-order chi connectivity index (χ0) is 13.9. The van der Waals surface area contributed by atoms with Crippen LogP contribution in [-0.2, 0) is 0 Å². The fourth-order valence-electron chi connectivity index (χ4n) is 6.28. The first-order valence-corrected chi connectivity index (χ1v) is 8.66. The maximum Gasteiger partial charge on any atom is 0.0723 e. The van der Waals surface area contributed by atoms with Crippen LogP contribution in [-0.4, -0.2) is 22.4 Å². The molecule has 112 valence electrons. The normalized spacial score (nSPS) is 54.6. The molecule has 0 amide bonds. The minimum atomic E-state index is -0.181. The lowest BCUT2D eigenvalue weighted by atomic mass is 9.52. The molecule has 0 aromatic carbocycles. The van der Waals surface area contributed by atoms with Gasteiger partial charge in [-0.25, -0.2) is 0 Å². The molecule has 1 unspecified atom stereocenters. The quantitative estimate of drug-likeness (QED) is 0.667. The molecule has 0 aliphatic heterocycles. The molecular formula is C18H28O2. The van der Waals surface area contributed by atoms with Crippen molar-refractivity contribution in [3.05, 3.63) is 11.6 Å². The summed E-state index contributed by atoms with van der Waals surface area (Å²) in [6.45, 7) is 2.35. The number of fused-ring (bicyclic) bond motifs is 5. The number of aliphatic hydroxyl groups is 2. The van der Waals surface area contributed by atoms with Gasteiger partial charge < -0.3 is 10.2 Å². The van der Waals surface area contributed by atoms with Crippen molar-refractivity contribution in [2.24, 2.45) is 29.1 Å². The second-order valence-electron chi connectivity index (χ2n) is 8.10. The summed E-state index contributed by atoms with van der Waals surface area (Å²) in [5.74, 6) is 3.18. The van der Waals surface area contributed by atoms with Crippen LogP contribution in [0.1, 0.15) is 58.3 Å². The minimum absolute atomic E-state index is 0.0569. The lowest BCUT2D eigenvalue weighted by Crippen LogP contribution is -2.47. The molecule has 0 radical (unpaired) electrons. The van der Waals surface area contributed by atoms with Gasteiger partial charge in [0.15, 0.2) is 0 Å². The molecule has 3 saturated carbocycles. The zero-order valence-electron chi connectivity index (χ0n) is 12.6. The van der Waals surface area contributed by atoms with Gasteiger partial charge in [-0.3, -0.25) is 0 Å². The molecule has 0 spiro atoms. The molecule has 3 fully saturated rings. The van der Waals surface area contributed by atoms with Crippen LogP contribution < -0.4 is 0 Å². The molecule has 0 aromatic heterocycles. The van der Waals surface area contributed by atoms with E-state index in [1.165, 1.54) is 38.5 Å². The van der Waals surface area contributed by atoms with Crippen molar-refractivity contribution < 1.29 is 10.2 Å². The van der Waals surface area contributed by atoms with E-state index in [9.17, 15) is 10.2 Å². The Morgan fingerprint density at radius 3 is 2.70 bits per heavy atom. The van der Waals surface area contributed by atoms with Gasteiger partial charge >= 0.3 is 0 Å². The lowest BCUT2D eigenvalue weighted by molar-refractivity contribution is -0.0548. The summed E-state index contributed by atoms with van der Waals surface area (Å²) in [7, 11) is 0. The van der Waals surface area contributed by atoms with E-state index in [0.29, 0.717) is 0 Å². The Morgan fingerprint density at radius 2 is 1.85 bits per heavy atom. The minimum Gasteiger partial charge on any atom is -0.393 e. The van der Waals surface area contributed by atoms with E-state index in [4.69, 9.17) is 0 Å². The van der Waals surface area contributed by atoms with Gasteiger partial charge in [-0.15, -0.1) is 0 Å². The van der Waals surface area contributed by atoms with E-state index in [0.717, 1.165) is 36.5 Å². The number of hydrogen-bond donors (Lipinski definition) is 2. The van der Waals surface area contributed by atoms with Crippen LogP contribution in [0.2, 0.25) is 0 Å². The molecular weight excluding hydrogens is 248 g/mol. The molecule has 0 aromatic rings. The van der Waals surface area contributed by atoms with E-state index < -0.39 is 0 Å². The predicted molar refractivity (Wildman–Crippen MR) is 79.1 cm³/mol. The molecule has 0 heterocycles. The van der Waals surface area contributed by atoms with E-state index >= 15 is 0 Å². The highest BCUT2D eigenvalue weighted by molar-refractivity contribution is 5.20. The first kappa shape index (κ1) is 13.3. The monoisotopic (exact) mass is 276 g/mol. The van der Waals surface area contributed by atoms with Crippen LogP contribution in [0.5, 0.6) is 0 Å². The van der Waals surface area contributed by atoms with E-state index in [-0.39, 0.29) is 17.6 Å². The van der Waals surface area contributed by atoms with Crippen molar-refractivity contribution >= 4 is 0 Å². The summed E-state index contributed by atoms with van der Waals surface area (Å²) in [5.41, 5.74) is 1.77. The first-order valence-electron chi connectivity index (χ1n) is 8.66. The Kier molecular flexibility index (Phi) is 3.05. The third-order valence-electron chi connectivity index (χ3n) is 7.38. The van der Waals surface area contributed by atoms with Gasteiger partial charge in [-0.2, -0.15) is 0 Å². The van der Waals surface area contributed by atoms with Crippen molar-refractivity contribution in [1.82, 2.24) is 0 Å². The summed E-state index contributed by atoms with van der Waals surface area (Å²) >= 11 is 0. The summed E-state index contributed by atoms with van der Waals surface area (Å²) in [5, 5.41) is 20.3. The van der Waals surface area contributed by atoms with Crippen LogP contribution in [0.25, 0.3) is 0 Å². The fraction of sp³-hybridized carbons (Fsp3) is 0.889. The molecule has 2 N–H and O–H groups in total. The Hall–Kier alpha value is -0.340. The van der Waals surface area contributed by atoms with Crippen LogP contribution in [0.3, 0.4) is 0 Å². The third kappa shape index (κ3) is 1.77. The Balaban J connectivity index is 1.62. The second kappa shape index (κ2) is 4.58. The van der Waals surface area contributed by atoms with Gasteiger partial charge in [-0.1, -0.05) is 18.6 Å². The smallest absolute Gasteiger partial charge is 0.0723 e. The number of aliphatic hydroxyl groups excluding tert-OH is 2. The largest absolute Gasteiger partial charge is 0.393 e. The molecule has 0 saturated heterocycles. The average Bonchev–Trinajstić information content (AvgIpc) is 2.74. The average molecular weight is 276 g/mol. The van der Waals surface area contributed by atoms with Gasteiger partial charge in [0.2, 0.25) is 0 Å². The summed E-state index contributed by atoms with van der Waals surface area (Å²) in [4.78, 5) is 0. The Morgan fingerprint density at radius 1 is 1.00 bits per heavy atom. The number of allylic oxidation sites excluding steroid dienone is 1. The Bertz CT molecular complexity index is 429. The van der Waals surface area contributed by atoms with Gasteiger partial charge in [0.05, 0.1) is 12.2 Å². The molecule has 7 atom stereocenters. The van der Waals surface area contributed by atoms with Crippen molar-refractivity contribution in [1.29, 1.82) is 0 Å². The van der Waals surface area contributed by atoms with Gasteiger partial charge in [0.1, 0.15) is 0 Å². The van der Waals surface area contributed by atoms with Crippen molar-refractivity contribution in [2.75, 3.05) is 0 Å².